The van der Waals surface area contributed by atoms with E-state index in [4.69, 9.17) is 15.0 Å². The van der Waals surface area contributed by atoms with Gasteiger partial charge in [0.1, 0.15) is 16.9 Å². The second kappa shape index (κ2) is 26.2. The predicted molar refractivity (Wildman–Crippen MR) is 459 cm³/mol. The molecule has 0 saturated carbocycles. The van der Waals surface area contributed by atoms with Gasteiger partial charge >= 0.3 is 0 Å². The maximum atomic E-state index is 14.5. The van der Waals surface area contributed by atoms with E-state index in [1.165, 1.54) is 0 Å². The van der Waals surface area contributed by atoms with Crippen LogP contribution in [-0.4, -0.2) is 28.2 Å². The van der Waals surface area contributed by atoms with Crippen molar-refractivity contribution in [3.05, 3.63) is 407 Å². The number of hydrogen-bond acceptors (Lipinski definition) is 6. The van der Waals surface area contributed by atoms with Crippen LogP contribution >= 0.6 is 0 Å². The Kier molecular flexibility index (Phi) is 15.2. The van der Waals surface area contributed by atoms with Crippen molar-refractivity contribution < 1.29 is 0 Å². The number of hydrogen-bond donors (Lipinski definition) is 0. The van der Waals surface area contributed by atoms with Crippen molar-refractivity contribution in [3.8, 4) is 89.0 Å². The SMILES string of the molecule is O=c1c2cc(-c3ccccc3)cc3c(-c4ccccc4)ccc(c32)c2nc3ccc(-c4ccccc4)cc3n12.O=c1c2cc(-c3ccccc3)cc3c(-c4ccccc4)ccc(c32)c2nc3cccc(-c4ccccc4)c3n12.O=c1c2ccc(-c3ccccc3)c3cccc(c32)c2nc3c(-c4ccccc4)cccc3n12. The number of rotatable bonds is 8. The fourth-order valence-corrected chi connectivity index (χ4v) is 17.0. The highest BCUT2D eigenvalue weighted by atomic mass is 16.1. The molecule has 0 spiro atoms. The standard InChI is InChI=1S/2C36H22N2O.C30H18N2O/c39-36-31-22-26(23-11-4-1-5-12-23)21-30-27(24-13-6-2-7-14-24)19-20-29(33(30)31)35-37-32-18-10-17-28(34(32)38(35)36)25-15-8-3-9-16-25;39-36-31-21-27(24-12-6-2-7-13-24)20-30-28(25-14-8-3-9-15-25)17-18-29(34(30)31)35-37-32-19-16-26(22-33(32)38(35)36)23-10-4-1-5-11-23;33-30-25-18-17-21(19-9-3-1-4-10-19)23-14-7-15-24(27(23)25)29-31-28-22(20-11-5-2-6-12-20)13-8-16-26(28)32(29)30/h2*1-22H;1-18H. The molecule has 518 valence electrons. The van der Waals surface area contributed by atoms with Crippen LogP contribution in [0.5, 0.6) is 0 Å². The molecule has 0 aliphatic rings. The Morgan fingerprint density at radius 2 is 0.541 bits per heavy atom. The van der Waals surface area contributed by atoms with Crippen LogP contribution in [0, 0.1) is 0 Å². The van der Waals surface area contributed by atoms with E-state index in [9.17, 15) is 14.4 Å². The van der Waals surface area contributed by atoms with Crippen LogP contribution < -0.4 is 16.7 Å². The number of pyridine rings is 3. The Morgan fingerprint density at radius 1 is 0.189 bits per heavy atom. The number of nitrogens with zero attached hydrogens (tertiary/aromatic N) is 6. The lowest BCUT2D eigenvalue weighted by molar-refractivity contribution is 1.19. The first-order chi connectivity index (χ1) is 54.8. The minimum atomic E-state index is -0.0450. The normalized spacial score (nSPS) is 11.7. The van der Waals surface area contributed by atoms with E-state index in [2.05, 4.69) is 212 Å². The topological polar surface area (TPSA) is 103 Å². The second-order valence-corrected chi connectivity index (χ2v) is 28.3. The van der Waals surface area contributed by atoms with Crippen LogP contribution in [0.25, 0.3) is 204 Å². The lowest BCUT2D eigenvalue weighted by atomic mass is 9.91. The van der Waals surface area contributed by atoms with E-state index in [0.29, 0.717) is 27.7 Å². The van der Waals surface area contributed by atoms with Crippen LogP contribution in [0.2, 0.25) is 0 Å². The summed E-state index contributed by atoms with van der Waals surface area (Å²) in [4.78, 5) is 57.7. The summed E-state index contributed by atoms with van der Waals surface area (Å²) in [5, 5.41) is 11.2. The monoisotopic (exact) mass is 1420 g/mol. The third-order valence-corrected chi connectivity index (χ3v) is 22.1. The maximum absolute atomic E-state index is 14.5. The molecular formula is C102H62N6O3. The van der Waals surface area contributed by atoms with Crippen LogP contribution in [-0.2, 0) is 0 Å². The van der Waals surface area contributed by atoms with Crippen molar-refractivity contribution in [1.82, 2.24) is 28.2 Å². The summed E-state index contributed by atoms with van der Waals surface area (Å²) >= 11 is 0. The van der Waals surface area contributed by atoms with Gasteiger partial charge in [-0.15, -0.1) is 0 Å². The van der Waals surface area contributed by atoms with E-state index < -0.39 is 0 Å². The quantitative estimate of drug-likeness (QED) is 0.150. The molecule has 0 aliphatic carbocycles. The Labute approximate surface area is 635 Å². The number of imidazole rings is 3. The predicted octanol–water partition coefficient (Wildman–Crippen LogP) is 24.1. The Morgan fingerprint density at radius 3 is 1.06 bits per heavy atom. The zero-order valence-electron chi connectivity index (χ0n) is 59.7. The third-order valence-electron chi connectivity index (χ3n) is 22.1. The molecular weight excluding hydrogens is 1360 g/mol. The molecule has 23 rings (SSSR count). The van der Waals surface area contributed by atoms with Gasteiger partial charge in [0.2, 0.25) is 0 Å². The molecule has 111 heavy (non-hydrogen) atoms. The van der Waals surface area contributed by atoms with Crippen LogP contribution in [0.1, 0.15) is 0 Å². The van der Waals surface area contributed by atoms with Crippen molar-refractivity contribution >= 4 is 115 Å². The summed E-state index contributed by atoms with van der Waals surface area (Å²) in [5.74, 6) is 0. The average molecular weight is 1420 g/mol. The van der Waals surface area contributed by atoms with E-state index >= 15 is 0 Å². The molecule has 0 radical (unpaired) electrons. The van der Waals surface area contributed by atoms with E-state index in [1.54, 1.807) is 8.80 Å². The Hall–Kier alpha value is -15.1. The number of aromatic nitrogens is 6. The summed E-state index contributed by atoms with van der Waals surface area (Å²) < 4.78 is 5.41. The van der Waals surface area contributed by atoms with Gasteiger partial charge in [0.15, 0.2) is 0 Å². The first-order valence-electron chi connectivity index (χ1n) is 37.3. The van der Waals surface area contributed by atoms with E-state index in [1.807, 2.05) is 168 Å². The van der Waals surface area contributed by atoms with Gasteiger partial charge in [0, 0.05) is 59.6 Å². The molecule has 17 aromatic carbocycles. The molecule has 0 fully saturated rings. The minimum Gasteiger partial charge on any atom is -0.268 e. The molecule has 9 nitrogen and oxygen atoms in total. The molecule has 23 aromatic rings. The Balaban J connectivity index is 0.000000106. The number of fused-ring (bicyclic) bond motifs is 12. The maximum Gasteiger partial charge on any atom is 0.264 e. The smallest absolute Gasteiger partial charge is 0.264 e. The fourth-order valence-electron chi connectivity index (χ4n) is 17.0. The highest BCUT2D eigenvalue weighted by Crippen LogP contribution is 2.44. The number of benzene rings is 17. The van der Waals surface area contributed by atoms with Gasteiger partial charge in [-0.2, -0.15) is 0 Å². The average Bonchev–Trinajstić information content (AvgIpc) is 1.64. The largest absolute Gasteiger partial charge is 0.268 e. The van der Waals surface area contributed by atoms with E-state index in [0.717, 1.165) is 176 Å². The Bertz CT molecular complexity index is 7780. The molecule has 6 heterocycles. The van der Waals surface area contributed by atoms with Crippen molar-refractivity contribution in [1.29, 1.82) is 0 Å². The van der Waals surface area contributed by atoms with Crippen molar-refractivity contribution in [2.75, 3.05) is 0 Å². The molecule has 0 N–H and O–H groups in total. The molecule has 0 unspecified atom stereocenters. The summed E-state index contributed by atoms with van der Waals surface area (Å²) in [5.41, 5.74) is 24.3. The summed E-state index contributed by atoms with van der Waals surface area (Å²) in [6, 6.07) is 128. The summed E-state index contributed by atoms with van der Waals surface area (Å²) in [7, 11) is 0. The molecule has 6 aromatic heterocycles. The molecule has 0 amide bonds. The first-order valence-corrected chi connectivity index (χ1v) is 37.3. The third kappa shape index (κ3) is 10.5. The van der Waals surface area contributed by atoms with Gasteiger partial charge in [-0.3, -0.25) is 27.6 Å². The lowest BCUT2D eigenvalue weighted by Crippen LogP contribution is -2.14. The molecule has 0 bridgehead atoms. The molecule has 0 atom stereocenters. The highest BCUT2D eigenvalue weighted by molar-refractivity contribution is 6.23. The van der Waals surface area contributed by atoms with Gasteiger partial charge in [0.05, 0.1) is 33.1 Å². The van der Waals surface area contributed by atoms with Crippen molar-refractivity contribution in [2.45, 2.75) is 0 Å². The van der Waals surface area contributed by atoms with Crippen molar-refractivity contribution in [2.24, 2.45) is 0 Å². The van der Waals surface area contributed by atoms with Gasteiger partial charge in [-0.1, -0.05) is 309 Å². The van der Waals surface area contributed by atoms with Crippen LogP contribution in [0.15, 0.2) is 390 Å². The van der Waals surface area contributed by atoms with Gasteiger partial charge in [-0.25, -0.2) is 15.0 Å². The van der Waals surface area contributed by atoms with Crippen molar-refractivity contribution in [3.63, 3.8) is 0 Å². The molecule has 9 heteroatoms. The highest BCUT2D eigenvalue weighted by Gasteiger charge is 2.25. The fraction of sp³-hybridized carbons (Fsp3) is 0. The lowest BCUT2D eigenvalue weighted by Gasteiger charge is -2.14. The van der Waals surface area contributed by atoms with E-state index in [-0.39, 0.29) is 16.7 Å². The first kappa shape index (κ1) is 64.3. The van der Waals surface area contributed by atoms with Gasteiger partial charge < -0.3 is 0 Å². The van der Waals surface area contributed by atoms with Crippen LogP contribution in [0.4, 0.5) is 0 Å². The zero-order valence-corrected chi connectivity index (χ0v) is 59.7. The second-order valence-electron chi connectivity index (χ2n) is 28.3. The van der Waals surface area contributed by atoms with Gasteiger partial charge in [0.25, 0.3) is 16.7 Å². The summed E-state index contributed by atoms with van der Waals surface area (Å²) in [6.07, 6.45) is 0. The summed E-state index contributed by atoms with van der Waals surface area (Å²) in [6.45, 7) is 0. The zero-order chi connectivity index (χ0) is 73.8. The molecule has 0 saturated heterocycles. The molecule has 0 aliphatic heterocycles. The van der Waals surface area contributed by atoms with Gasteiger partial charge in [-0.05, 0) is 161 Å². The minimum absolute atomic E-state index is 0.0268. The van der Waals surface area contributed by atoms with Crippen LogP contribution in [0.3, 0.4) is 0 Å². The number of para-hydroxylation sites is 2.